The first-order chi connectivity index (χ1) is 13.0. The summed E-state index contributed by atoms with van der Waals surface area (Å²) in [5, 5.41) is 0. The van der Waals surface area contributed by atoms with E-state index in [0.29, 0.717) is 5.75 Å². The zero-order valence-corrected chi connectivity index (χ0v) is 15.7. The summed E-state index contributed by atoms with van der Waals surface area (Å²) < 4.78 is 19.8. The largest absolute Gasteiger partial charge is 0.454 e. The van der Waals surface area contributed by atoms with Crippen molar-refractivity contribution in [2.75, 3.05) is 0 Å². The molecule has 0 spiro atoms. The molecule has 0 radical (unpaired) electrons. The quantitative estimate of drug-likeness (QED) is 0.767. The van der Waals surface area contributed by atoms with Gasteiger partial charge in [0.05, 0.1) is 0 Å². The van der Waals surface area contributed by atoms with Gasteiger partial charge in [0.25, 0.3) is 0 Å². The first-order valence-corrected chi connectivity index (χ1v) is 9.86. The van der Waals surface area contributed by atoms with Crippen molar-refractivity contribution in [2.45, 2.75) is 50.9 Å². The SMILES string of the molecule is CC1(c2ccc(Oc3ccc(C(N)=O)cc3F)cc2)C2CCCC1CCC2. The summed E-state index contributed by atoms with van der Waals surface area (Å²) in [6.45, 7) is 2.43. The van der Waals surface area contributed by atoms with Crippen molar-refractivity contribution in [3.05, 3.63) is 59.4 Å². The number of primary amides is 1. The lowest BCUT2D eigenvalue weighted by atomic mass is 9.53. The fourth-order valence-corrected chi connectivity index (χ4v) is 5.26. The van der Waals surface area contributed by atoms with E-state index in [1.54, 1.807) is 0 Å². The fraction of sp³-hybridized carbons (Fsp3) is 0.435. The third kappa shape index (κ3) is 3.22. The maximum Gasteiger partial charge on any atom is 0.248 e. The zero-order valence-electron chi connectivity index (χ0n) is 15.7. The predicted molar refractivity (Wildman–Crippen MR) is 103 cm³/mol. The van der Waals surface area contributed by atoms with Crippen molar-refractivity contribution < 1.29 is 13.9 Å². The Kier molecular flexibility index (Phi) is 4.67. The molecule has 0 atom stereocenters. The van der Waals surface area contributed by atoms with E-state index >= 15 is 0 Å². The Morgan fingerprint density at radius 3 is 2.15 bits per heavy atom. The summed E-state index contributed by atoms with van der Waals surface area (Å²) in [5.74, 6) is 0.953. The van der Waals surface area contributed by atoms with E-state index in [4.69, 9.17) is 10.5 Å². The maximum atomic E-state index is 14.2. The van der Waals surface area contributed by atoms with Gasteiger partial charge in [-0.05, 0) is 78.8 Å². The maximum absolute atomic E-state index is 14.2. The molecule has 4 heteroatoms. The highest BCUT2D eigenvalue weighted by molar-refractivity contribution is 5.92. The molecule has 2 aliphatic rings. The van der Waals surface area contributed by atoms with Crippen LogP contribution < -0.4 is 10.5 Å². The Hall–Kier alpha value is -2.36. The van der Waals surface area contributed by atoms with Crippen LogP contribution in [0.1, 0.15) is 61.4 Å². The minimum absolute atomic E-state index is 0.0912. The van der Waals surface area contributed by atoms with Gasteiger partial charge in [-0.25, -0.2) is 4.39 Å². The standard InChI is InChI=1S/C23H26FNO2/c1-23(16-4-2-5-17(23)7-3-6-16)18-9-11-19(12-10-18)27-21-13-8-15(22(25)26)14-20(21)24/h8-14,16-17H,2-7H2,1H3,(H2,25,26). The van der Waals surface area contributed by atoms with Crippen LogP contribution in [-0.4, -0.2) is 5.91 Å². The molecule has 2 aromatic carbocycles. The lowest BCUT2D eigenvalue weighted by Gasteiger charge is -2.52. The van der Waals surface area contributed by atoms with Crippen LogP contribution in [0.4, 0.5) is 4.39 Å². The topological polar surface area (TPSA) is 52.3 Å². The summed E-state index contributed by atoms with van der Waals surface area (Å²) in [7, 11) is 0. The molecule has 1 amide bonds. The number of amides is 1. The molecule has 2 N–H and O–H groups in total. The highest BCUT2D eigenvalue weighted by Gasteiger charge is 2.46. The van der Waals surface area contributed by atoms with Gasteiger partial charge in [-0.15, -0.1) is 0 Å². The van der Waals surface area contributed by atoms with Gasteiger partial charge in [0.15, 0.2) is 11.6 Å². The number of rotatable bonds is 4. The third-order valence-electron chi connectivity index (χ3n) is 6.83. The summed E-state index contributed by atoms with van der Waals surface area (Å²) in [4.78, 5) is 11.1. The van der Waals surface area contributed by atoms with Crippen molar-refractivity contribution in [2.24, 2.45) is 17.6 Å². The average molecular weight is 367 g/mol. The predicted octanol–water partition coefficient (Wildman–Crippen LogP) is 5.57. The molecule has 0 unspecified atom stereocenters. The van der Waals surface area contributed by atoms with Gasteiger partial charge in [-0.1, -0.05) is 31.9 Å². The monoisotopic (exact) mass is 367 g/mol. The second-order valence-corrected chi connectivity index (χ2v) is 8.17. The Labute approximate surface area is 159 Å². The Morgan fingerprint density at radius 1 is 1.04 bits per heavy atom. The average Bonchev–Trinajstić information content (AvgIpc) is 2.63. The number of hydrogen-bond donors (Lipinski definition) is 1. The number of halogens is 1. The third-order valence-corrected chi connectivity index (χ3v) is 6.83. The molecule has 0 saturated heterocycles. The van der Waals surface area contributed by atoms with E-state index < -0.39 is 11.7 Å². The van der Waals surface area contributed by atoms with Gasteiger partial charge >= 0.3 is 0 Å². The van der Waals surface area contributed by atoms with Crippen molar-refractivity contribution in [1.29, 1.82) is 0 Å². The number of ether oxygens (including phenoxy) is 1. The molecule has 2 aliphatic carbocycles. The fourth-order valence-electron chi connectivity index (χ4n) is 5.26. The molecule has 142 valence electrons. The van der Waals surface area contributed by atoms with Gasteiger partial charge in [-0.3, -0.25) is 4.79 Å². The van der Waals surface area contributed by atoms with E-state index in [1.165, 1.54) is 56.2 Å². The molecule has 0 heterocycles. The molecule has 0 aromatic heterocycles. The van der Waals surface area contributed by atoms with Crippen LogP contribution >= 0.6 is 0 Å². The van der Waals surface area contributed by atoms with E-state index in [2.05, 4.69) is 19.1 Å². The number of hydrogen-bond acceptors (Lipinski definition) is 2. The van der Waals surface area contributed by atoms with Crippen molar-refractivity contribution in [1.82, 2.24) is 0 Å². The summed E-state index contributed by atoms with van der Waals surface area (Å²) in [6, 6.07) is 12.1. The molecule has 0 aliphatic heterocycles. The van der Waals surface area contributed by atoms with Crippen LogP contribution in [0.2, 0.25) is 0 Å². The molecule has 4 rings (SSSR count). The van der Waals surface area contributed by atoms with Crippen LogP contribution in [0.5, 0.6) is 11.5 Å². The van der Waals surface area contributed by atoms with E-state index in [0.717, 1.165) is 17.9 Å². The lowest BCUT2D eigenvalue weighted by Crippen LogP contribution is -2.45. The highest BCUT2D eigenvalue weighted by atomic mass is 19.1. The number of nitrogens with two attached hydrogens (primary N) is 1. The van der Waals surface area contributed by atoms with Crippen molar-refractivity contribution in [3.8, 4) is 11.5 Å². The first kappa shape index (κ1) is 18.0. The summed E-state index contributed by atoms with van der Waals surface area (Å²) >= 11 is 0. The van der Waals surface area contributed by atoms with Gasteiger partial charge in [0.2, 0.25) is 5.91 Å². The Balaban J connectivity index is 1.55. The van der Waals surface area contributed by atoms with Gasteiger partial charge in [0.1, 0.15) is 5.75 Å². The zero-order chi connectivity index (χ0) is 19.0. The molecule has 2 bridgehead atoms. The Bertz CT molecular complexity index is 824. The van der Waals surface area contributed by atoms with Crippen LogP contribution in [0.25, 0.3) is 0 Å². The number of carbonyl (C=O) groups is 1. The molecule has 27 heavy (non-hydrogen) atoms. The van der Waals surface area contributed by atoms with Crippen LogP contribution in [0.3, 0.4) is 0 Å². The second kappa shape index (κ2) is 6.99. The van der Waals surface area contributed by atoms with Crippen LogP contribution in [0, 0.1) is 17.7 Å². The van der Waals surface area contributed by atoms with Crippen molar-refractivity contribution in [3.63, 3.8) is 0 Å². The van der Waals surface area contributed by atoms with E-state index in [9.17, 15) is 9.18 Å². The van der Waals surface area contributed by atoms with E-state index in [-0.39, 0.29) is 16.7 Å². The van der Waals surface area contributed by atoms with Gasteiger partial charge < -0.3 is 10.5 Å². The molecular formula is C23H26FNO2. The number of fused-ring (bicyclic) bond motifs is 2. The number of benzene rings is 2. The number of carbonyl (C=O) groups excluding carboxylic acids is 1. The molecule has 2 saturated carbocycles. The smallest absolute Gasteiger partial charge is 0.248 e. The summed E-state index contributed by atoms with van der Waals surface area (Å²) in [5.41, 5.74) is 6.92. The second-order valence-electron chi connectivity index (χ2n) is 8.17. The minimum atomic E-state index is -0.656. The Morgan fingerprint density at radius 2 is 1.63 bits per heavy atom. The van der Waals surface area contributed by atoms with Gasteiger partial charge in [0, 0.05) is 5.56 Å². The minimum Gasteiger partial charge on any atom is -0.454 e. The van der Waals surface area contributed by atoms with Crippen LogP contribution in [-0.2, 0) is 5.41 Å². The lowest BCUT2D eigenvalue weighted by molar-refractivity contribution is 0.0666. The molecular weight excluding hydrogens is 341 g/mol. The molecule has 2 aromatic rings. The molecule has 2 fully saturated rings. The molecule has 3 nitrogen and oxygen atoms in total. The normalized spacial score (nSPS) is 27.2. The van der Waals surface area contributed by atoms with Crippen molar-refractivity contribution >= 4 is 5.91 Å². The summed E-state index contributed by atoms with van der Waals surface area (Å²) in [6.07, 6.45) is 8.00. The van der Waals surface area contributed by atoms with Crippen LogP contribution in [0.15, 0.2) is 42.5 Å². The first-order valence-electron chi connectivity index (χ1n) is 9.86. The highest BCUT2D eigenvalue weighted by Crippen LogP contribution is 2.54. The van der Waals surface area contributed by atoms with Gasteiger partial charge in [-0.2, -0.15) is 0 Å². The van der Waals surface area contributed by atoms with E-state index in [1.807, 2.05) is 12.1 Å².